The summed E-state index contributed by atoms with van der Waals surface area (Å²) in [6.07, 6.45) is 4.67. The Hall–Kier alpha value is -1.15. The number of carbonyl (C=O) groups excluding carboxylic acids is 1. The van der Waals surface area contributed by atoms with Crippen molar-refractivity contribution in [2.45, 2.75) is 57.5 Å². The summed E-state index contributed by atoms with van der Waals surface area (Å²) in [5, 5.41) is 0. The molecule has 3 rings (SSSR count). The molecule has 0 radical (unpaired) electrons. The largest absolute Gasteiger partial charge is 0.300 e. The molecule has 1 aromatic rings. The van der Waals surface area contributed by atoms with E-state index in [0.717, 1.165) is 12.8 Å². The molecule has 0 saturated carbocycles. The first-order chi connectivity index (χ1) is 9.61. The molecule has 20 heavy (non-hydrogen) atoms. The van der Waals surface area contributed by atoms with E-state index in [-0.39, 0.29) is 5.92 Å². The highest BCUT2D eigenvalue weighted by Gasteiger charge is 2.47. The maximum absolute atomic E-state index is 12.2. The molecule has 2 fully saturated rings. The molecule has 2 aliphatic heterocycles. The van der Waals surface area contributed by atoms with Gasteiger partial charge in [-0.2, -0.15) is 0 Å². The summed E-state index contributed by atoms with van der Waals surface area (Å²) in [6.45, 7) is 3.97. The summed E-state index contributed by atoms with van der Waals surface area (Å²) in [5.41, 5.74) is 2.75. The smallest absolute Gasteiger partial charge is 0.135 e. The third-order valence-corrected chi connectivity index (χ3v) is 5.55. The van der Waals surface area contributed by atoms with Crippen LogP contribution in [0.3, 0.4) is 0 Å². The van der Waals surface area contributed by atoms with Gasteiger partial charge in [-0.15, -0.1) is 0 Å². The van der Waals surface area contributed by atoms with Gasteiger partial charge >= 0.3 is 0 Å². The highest BCUT2D eigenvalue weighted by atomic mass is 16.1. The van der Waals surface area contributed by atoms with Crippen LogP contribution in [-0.4, -0.2) is 29.8 Å². The van der Waals surface area contributed by atoms with Gasteiger partial charge in [-0.1, -0.05) is 31.2 Å². The number of carbonyl (C=O) groups is 1. The summed E-state index contributed by atoms with van der Waals surface area (Å²) < 4.78 is 0. The van der Waals surface area contributed by atoms with Gasteiger partial charge in [-0.05, 0) is 56.7 Å². The molecular formula is C18H25NO. The zero-order valence-corrected chi connectivity index (χ0v) is 12.8. The Kier molecular flexibility index (Phi) is 3.68. The first kappa shape index (κ1) is 13.8. The third-order valence-electron chi connectivity index (χ3n) is 5.55. The molecule has 108 valence electrons. The highest BCUT2D eigenvalue weighted by Crippen LogP contribution is 2.46. The van der Waals surface area contributed by atoms with E-state index >= 15 is 0 Å². The molecule has 0 amide bonds. The Bertz CT molecular complexity index is 493. The van der Waals surface area contributed by atoms with E-state index in [1.165, 1.54) is 24.0 Å². The number of fused-ring (bicyclic) bond motifs is 2. The minimum atomic E-state index is 0.186. The van der Waals surface area contributed by atoms with Crippen LogP contribution in [0.4, 0.5) is 0 Å². The zero-order chi connectivity index (χ0) is 14.3. The van der Waals surface area contributed by atoms with Gasteiger partial charge in [0.1, 0.15) is 5.78 Å². The van der Waals surface area contributed by atoms with E-state index in [1.807, 2.05) is 0 Å². The molecule has 2 aliphatic rings. The minimum absolute atomic E-state index is 0.186. The third kappa shape index (κ3) is 2.20. The average molecular weight is 271 g/mol. The first-order valence-electron chi connectivity index (χ1n) is 7.93. The molecule has 2 nitrogen and oxygen atoms in total. The number of nitrogens with zero attached hydrogens (tertiary/aromatic N) is 1. The molecule has 2 saturated heterocycles. The van der Waals surface area contributed by atoms with Crippen molar-refractivity contribution < 1.29 is 4.79 Å². The van der Waals surface area contributed by atoms with Crippen molar-refractivity contribution in [2.75, 3.05) is 7.05 Å². The summed E-state index contributed by atoms with van der Waals surface area (Å²) in [5.74, 6) is 0.977. The SMILES string of the molecule is CCc1ccc([C@H]2C[C@@H]3CC[C@H]([C@H]2C(C)=O)N3C)cc1. The van der Waals surface area contributed by atoms with Gasteiger partial charge < -0.3 is 0 Å². The van der Waals surface area contributed by atoms with Gasteiger partial charge in [-0.3, -0.25) is 9.69 Å². The second kappa shape index (κ2) is 5.33. The van der Waals surface area contributed by atoms with Crippen LogP contribution in [0.1, 0.15) is 50.2 Å². The quantitative estimate of drug-likeness (QED) is 0.839. The molecule has 0 N–H and O–H groups in total. The number of Topliss-reactive ketones (excluding diaryl/α,β-unsaturated/α-hetero) is 1. The molecule has 4 atom stereocenters. The molecule has 2 heteroatoms. The summed E-state index contributed by atoms with van der Waals surface area (Å²) in [6, 6.07) is 10.1. The van der Waals surface area contributed by atoms with Crippen molar-refractivity contribution >= 4 is 5.78 Å². The van der Waals surface area contributed by atoms with Crippen LogP contribution in [0.15, 0.2) is 24.3 Å². The maximum Gasteiger partial charge on any atom is 0.135 e. The second-order valence-electron chi connectivity index (χ2n) is 6.54. The Morgan fingerprint density at radius 3 is 2.55 bits per heavy atom. The van der Waals surface area contributed by atoms with E-state index in [0.29, 0.717) is 23.8 Å². The highest BCUT2D eigenvalue weighted by molar-refractivity contribution is 5.80. The lowest BCUT2D eigenvalue weighted by molar-refractivity contribution is -0.124. The average Bonchev–Trinajstić information content (AvgIpc) is 2.70. The van der Waals surface area contributed by atoms with Crippen LogP contribution in [0.2, 0.25) is 0 Å². The topological polar surface area (TPSA) is 20.3 Å². The summed E-state index contributed by atoms with van der Waals surface area (Å²) in [7, 11) is 2.20. The molecular weight excluding hydrogens is 246 g/mol. The van der Waals surface area contributed by atoms with E-state index in [4.69, 9.17) is 0 Å². The summed E-state index contributed by atoms with van der Waals surface area (Å²) >= 11 is 0. The van der Waals surface area contributed by atoms with Crippen molar-refractivity contribution in [3.8, 4) is 0 Å². The number of aryl methyl sites for hydroxylation is 1. The number of piperidine rings is 1. The van der Waals surface area contributed by atoms with Crippen LogP contribution in [0.5, 0.6) is 0 Å². The van der Waals surface area contributed by atoms with Crippen LogP contribution in [0.25, 0.3) is 0 Å². The van der Waals surface area contributed by atoms with Gasteiger partial charge in [0.15, 0.2) is 0 Å². The van der Waals surface area contributed by atoms with Crippen molar-refractivity contribution in [2.24, 2.45) is 5.92 Å². The molecule has 0 aromatic heterocycles. The van der Waals surface area contributed by atoms with Gasteiger partial charge in [-0.25, -0.2) is 0 Å². The maximum atomic E-state index is 12.2. The Morgan fingerprint density at radius 1 is 1.25 bits per heavy atom. The van der Waals surface area contributed by atoms with Crippen LogP contribution in [0, 0.1) is 5.92 Å². The summed E-state index contributed by atoms with van der Waals surface area (Å²) in [4.78, 5) is 14.7. The number of hydrogen-bond donors (Lipinski definition) is 0. The van der Waals surface area contributed by atoms with Gasteiger partial charge in [0.2, 0.25) is 0 Å². The van der Waals surface area contributed by atoms with Crippen LogP contribution in [-0.2, 0) is 11.2 Å². The minimum Gasteiger partial charge on any atom is -0.300 e. The molecule has 0 aliphatic carbocycles. The van der Waals surface area contributed by atoms with E-state index in [1.54, 1.807) is 6.92 Å². The number of benzene rings is 1. The number of hydrogen-bond acceptors (Lipinski definition) is 2. The van der Waals surface area contributed by atoms with Crippen LogP contribution < -0.4 is 0 Å². The molecule has 2 heterocycles. The standard InChI is InChI=1S/C18H25NO/c1-4-13-5-7-14(8-6-13)16-11-15-9-10-17(19(15)3)18(16)12(2)20/h5-8,15-18H,4,9-11H2,1-3H3/t15-,16+,17+,18-/m0/s1. The predicted octanol–water partition coefficient (Wildman–Crippen LogP) is 3.40. The first-order valence-corrected chi connectivity index (χ1v) is 7.93. The van der Waals surface area contributed by atoms with Crippen LogP contribution >= 0.6 is 0 Å². The number of rotatable bonds is 3. The lowest BCUT2D eigenvalue weighted by Crippen LogP contribution is -2.48. The van der Waals surface area contributed by atoms with E-state index in [9.17, 15) is 4.79 Å². The van der Waals surface area contributed by atoms with Crippen molar-refractivity contribution in [3.05, 3.63) is 35.4 Å². The van der Waals surface area contributed by atoms with Crippen molar-refractivity contribution in [1.82, 2.24) is 4.90 Å². The van der Waals surface area contributed by atoms with Gasteiger partial charge in [0.05, 0.1) is 0 Å². The molecule has 1 aromatic carbocycles. The van der Waals surface area contributed by atoms with Crippen molar-refractivity contribution in [3.63, 3.8) is 0 Å². The van der Waals surface area contributed by atoms with E-state index in [2.05, 4.69) is 43.1 Å². The number of ketones is 1. The van der Waals surface area contributed by atoms with Gasteiger partial charge in [0, 0.05) is 18.0 Å². The lowest BCUT2D eigenvalue weighted by Gasteiger charge is -2.42. The fraction of sp³-hybridized carbons (Fsp3) is 0.611. The fourth-order valence-electron chi connectivity index (χ4n) is 4.36. The Morgan fingerprint density at radius 2 is 1.95 bits per heavy atom. The Balaban J connectivity index is 1.92. The van der Waals surface area contributed by atoms with E-state index < -0.39 is 0 Å². The van der Waals surface area contributed by atoms with Crippen molar-refractivity contribution in [1.29, 1.82) is 0 Å². The second-order valence-corrected chi connectivity index (χ2v) is 6.54. The van der Waals surface area contributed by atoms with Gasteiger partial charge in [0.25, 0.3) is 0 Å². The fourth-order valence-corrected chi connectivity index (χ4v) is 4.36. The molecule has 0 unspecified atom stereocenters. The lowest BCUT2D eigenvalue weighted by atomic mass is 9.74. The normalized spacial score (nSPS) is 33.4. The monoisotopic (exact) mass is 271 g/mol. The zero-order valence-electron chi connectivity index (χ0n) is 12.8. The predicted molar refractivity (Wildman–Crippen MR) is 81.9 cm³/mol. The molecule has 0 spiro atoms. The Labute approximate surface area is 122 Å². The molecule has 2 bridgehead atoms.